The number of benzene rings is 3. The van der Waals surface area contributed by atoms with E-state index in [1.54, 1.807) is 31.2 Å². The molecule has 1 aromatic heterocycles. The van der Waals surface area contributed by atoms with Crippen molar-refractivity contribution in [3.8, 4) is 11.3 Å². The molecule has 0 aliphatic heterocycles. The smallest absolute Gasteiger partial charge is 0.271 e. The second kappa shape index (κ2) is 9.16. The zero-order chi connectivity index (χ0) is 22.7. The van der Waals surface area contributed by atoms with Gasteiger partial charge in [-0.3, -0.25) is 9.59 Å². The van der Waals surface area contributed by atoms with E-state index >= 15 is 0 Å². The van der Waals surface area contributed by atoms with Gasteiger partial charge in [-0.05, 0) is 37.6 Å². The van der Waals surface area contributed by atoms with Crippen molar-refractivity contribution in [3.63, 3.8) is 0 Å². The Morgan fingerprint density at radius 1 is 1.00 bits per heavy atom. The molecule has 1 heterocycles. The fourth-order valence-electron chi connectivity index (χ4n) is 3.34. The van der Waals surface area contributed by atoms with E-state index in [4.69, 9.17) is 11.6 Å². The normalized spacial score (nSPS) is 11.5. The first kappa shape index (κ1) is 21.5. The minimum atomic E-state index is -0.446. The lowest BCUT2D eigenvalue weighted by Crippen LogP contribution is -2.32. The average molecular weight is 445 g/mol. The van der Waals surface area contributed by atoms with Crippen LogP contribution in [0.2, 0.25) is 5.02 Å². The molecule has 0 unspecified atom stereocenters. The highest BCUT2D eigenvalue weighted by molar-refractivity contribution is 6.30. The van der Waals surface area contributed by atoms with E-state index in [2.05, 4.69) is 15.6 Å². The lowest BCUT2D eigenvalue weighted by molar-refractivity contribution is -0.121. The van der Waals surface area contributed by atoms with E-state index in [0.29, 0.717) is 21.8 Å². The molecular weight excluding hydrogens is 424 g/mol. The van der Waals surface area contributed by atoms with E-state index in [9.17, 15) is 9.59 Å². The molecule has 0 aliphatic carbocycles. The number of hydrazone groups is 1. The Bertz CT molecular complexity index is 1370. The lowest BCUT2D eigenvalue weighted by Gasteiger charge is -2.11. The van der Waals surface area contributed by atoms with Gasteiger partial charge in [0, 0.05) is 16.0 Å². The average Bonchev–Trinajstić information content (AvgIpc) is 2.80. The Hall–Kier alpha value is -3.77. The molecule has 7 heteroatoms. The maximum atomic E-state index is 13.0. The maximum absolute atomic E-state index is 13.0. The monoisotopic (exact) mass is 444 g/mol. The van der Waals surface area contributed by atoms with Crippen molar-refractivity contribution in [2.45, 2.75) is 20.4 Å². The van der Waals surface area contributed by atoms with Gasteiger partial charge < -0.3 is 0 Å². The topological polar surface area (TPSA) is 76.3 Å². The first-order valence-electron chi connectivity index (χ1n) is 10.1. The minimum Gasteiger partial charge on any atom is -0.271 e. The standard InChI is InChI=1S/C25H21ClN4O2/c1-16-7-9-19(10-8-16)24-21-5-3-4-6-22(21)25(32)30(29-24)15-23(31)28-27-17(2)18-11-13-20(26)14-12-18/h3-14H,15H2,1-2H3,(H,28,31)/b27-17+. The Morgan fingerprint density at radius 3 is 2.34 bits per heavy atom. The Morgan fingerprint density at radius 2 is 1.66 bits per heavy atom. The number of fused-ring (bicyclic) bond motifs is 1. The molecule has 1 N–H and O–H groups in total. The van der Waals surface area contributed by atoms with Crippen molar-refractivity contribution < 1.29 is 4.79 Å². The van der Waals surface area contributed by atoms with Crippen LogP contribution in [0.3, 0.4) is 0 Å². The van der Waals surface area contributed by atoms with Crippen LogP contribution in [0, 0.1) is 6.92 Å². The van der Waals surface area contributed by atoms with Crippen molar-refractivity contribution >= 4 is 34.0 Å². The lowest BCUT2D eigenvalue weighted by atomic mass is 10.0. The minimum absolute atomic E-state index is 0.250. The van der Waals surface area contributed by atoms with E-state index in [1.807, 2.05) is 55.5 Å². The molecule has 0 fully saturated rings. The number of halogens is 1. The summed E-state index contributed by atoms with van der Waals surface area (Å²) in [6, 6.07) is 22.3. The Kier molecular flexibility index (Phi) is 6.14. The number of amides is 1. The SMILES string of the molecule is C/C(=N\NC(=O)Cn1nc(-c2ccc(C)cc2)c2ccccc2c1=O)c1ccc(Cl)cc1. The molecule has 32 heavy (non-hydrogen) atoms. The van der Waals surface area contributed by atoms with Crippen LogP contribution in [0.15, 0.2) is 82.7 Å². The van der Waals surface area contributed by atoms with E-state index in [-0.39, 0.29) is 12.1 Å². The van der Waals surface area contributed by atoms with Crippen LogP contribution in [0.4, 0.5) is 0 Å². The Labute approximate surface area is 190 Å². The number of nitrogens with zero attached hydrogens (tertiary/aromatic N) is 3. The van der Waals surface area contributed by atoms with Gasteiger partial charge >= 0.3 is 0 Å². The van der Waals surface area contributed by atoms with Gasteiger partial charge in [-0.25, -0.2) is 10.1 Å². The summed E-state index contributed by atoms with van der Waals surface area (Å²) in [7, 11) is 0. The van der Waals surface area contributed by atoms with Crippen LogP contribution < -0.4 is 11.0 Å². The van der Waals surface area contributed by atoms with Gasteiger partial charge in [-0.15, -0.1) is 0 Å². The number of nitrogens with one attached hydrogen (secondary N) is 1. The predicted octanol–water partition coefficient (Wildman–Crippen LogP) is 4.57. The second-order valence-corrected chi connectivity index (χ2v) is 7.90. The van der Waals surface area contributed by atoms with Crippen molar-refractivity contribution in [2.75, 3.05) is 0 Å². The van der Waals surface area contributed by atoms with Gasteiger partial charge in [0.25, 0.3) is 11.5 Å². The van der Waals surface area contributed by atoms with Crippen LogP contribution >= 0.6 is 11.6 Å². The maximum Gasteiger partial charge on any atom is 0.275 e. The molecule has 6 nitrogen and oxygen atoms in total. The van der Waals surface area contributed by atoms with Crippen LogP contribution in [-0.4, -0.2) is 21.4 Å². The molecule has 4 aromatic rings. The summed E-state index contributed by atoms with van der Waals surface area (Å²) < 4.78 is 1.18. The van der Waals surface area contributed by atoms with Crippen molar-refractivity contribution in [1.82, 2.24) is 15.2 Å². The zero-order valence-electron chi connectivity index (χ0n) is 17.7. The molecule has 0 spiro atoms. The summed E-state index contributed by atoms with van der Waals surface area (Å²) in [4.78, 5) is 25.5. The molecule has 0 radical (unpaired) electrons. The molecular formula is C25H21ClN4O2. The van der Waals surface area contributed by atoms with Gasteiger partial charge in [0.1, 0.15) is 6.54 Å². The highest BCUT2D eigenvalue weighted by Gasteiger charge is 2.14. The van der Waals surface area contributed by atoms with Crippen molar-refractivity contribution in [3.05, 3.63) is 99.3 Å². The summed E-state index contributed by atoms with van der Waals surface area (Å²) in [6.45, 7) is 3.53. The van der Waals surface area contributed by atoms with Gasteiger partial charge in [-0.1, -0.05) is 71.8 Å². The first-order valence-corrected chi connectivity index (χ1v) is 10.5. The summed E-state index contributed by atoms with van der Waals surface area (Å²) in [6.07, 6.45) is 0. The number of carbonyl (C=O) groups is 1. The highest BCUT2D eigenvalue weighted by atomic mass is 35.5. The van der Waals surface area contributed by atoms with E-state index in [1.165, 1.54) is 4.68 Å². The quantitative estimate of drug-likeness (QED) is 0.362. The summed E-state index contributed by atoms with van der Waals surface area (Å²) in [5.41, 5.74) is 6.27. The van der Waals surface area contributed by atoms with Gasteiger partial charge in [0.15, 0.2) is 0 Å². The van der Waals surface area contributed by atoms with E-state index in [0.717, 1.165) is 22.1 Å². The molecule has 0 saturated carbocycles. The largest absolute Gasteiger partial charge is 0.275 e. The third kappa shape index (κ3) is 4.60. The van der Waals surface area contributed by atoms with Crippen molar-refractivity contribution in [2.24, 2.45) is 5.10 Å². The Balaban J connectivity index is 1.64. The fourth-order valence-corrected chi connectivity index (χ4v) is 3.47. The summed E-state index contributed by atoms with van der Waals surface area (Å²) in [5, 5.41) is 10.5. The van der Waals surface area contributed by atoms with Crippen molar-refractivity contribution in [1.29, 1.82) is 0 Å². The number of rotatable bonds is 5. The van der Waals surface area contributed by atoms with Crippen LogP contribution in [0.1, 0.15) is 18.1 Å². The number of carbonyl (C=O) groups excluding carboxylic acids is 1. The molecule has 0 saturated heterocycles. The number of aromatic nitrogens is 2. The molecule has 160 valence electrons. The molecule has 4 rings (SSSR count). The van der Waals surface area contributed by atoms with Crippen LogP contribution in [0.25, 0.3) is 22.0 Å². The number of hydrogen-bond acceptors (Lipinski definition) is 4. The second-order valence-electron chi connectivity index (χ2n) is 7.46. The summed E-state index contributed by atoms with van der Waals surface area (Å²) >= 11 is 5.91. The fraction of sp³-hybridized carbons (Fsp3) is 0.120. The third-order valence-corrected chi connectivity index (χ3v) is 5.35. The van der Waals surface area contributed by atoms with Crippen LogP contribution in [0.5, 0.6) is 0 Å². The van der Waals surface area contributed by atoms with Gasteiger partial charge in [0.2, 0.25) is 0 Å². The zero-order valence-corrected chi connectivity index (χ0v) is 18.4. The summed E-state index contributed by atoms with van der Waals surface area (Å²) in [5.74, 6) is -0.446. The predicted molar refractivity (Wildman–Crippen MR) is 128 cm³/mol. The van der Waals surface area contributed by atoms with Gasteiger partial charge in [0.05, 0.1) is 16.8 Å². The first-order chi connectivity index (χ1) is 15.4. The molecule has 3 aromatic carbocycles. The molecule has 1 amide bonds. The van der Waals surface area contributed by atoms with Crippen LogP contribution in [-0.2, 0) is 11.3 Å². The number of hydrogen-bond donors (Lipinski definition) is 1. The molecule has 0 atom stereocenters. The number of aryl methyl sites for hydroxylation is 1. The third-order valence-electron chi connectivity index (χ3n) is 5.10. The highest BCUT2D eigenvalue weighted by Crippen LogP contribution is 2.24. The molecule has 0 bridgehead atoms. The van der Waals surface area contributed by atoms with Gasteiger partial charge in [-0.2, -0.15) is 10.2 Å². The molecule has 0 aliphatic rings. The van der Waals surface area contributed by atoms with E-state index < -0.39 is 5.91 Å².